The molecule has 1 aromatic rings. The number of unbranched alkanes of at least 4 members (excludes halogenated alkanes) is 4. The number of nitrogens with one attached hydrogen (secondary N) is 3. The van der Waals surface area contributed by atoms with E-state index in [0.717, 1.165) is 19.5 Å². The van der Waals surface area contributed by atoms with E-state index >= 15 is 0 Å². The second kappa shape index (κ2) is 24.3. The molecule has 0 saturated carbocycles. The topological polar surface area (TPSA) is 132 Å². The van der Waals surface area contributed by atoms with Gasteiger partial charge in [-0.25, -0.2) is 14.4 Å². The zero-order valence-electron chi connectivity index (χ0n) is 36.1. The van der Waals surface area contributed by atoms with Gasteiger partial charge in [0.15, 0.2) is 0 Å². The quantitative estimate of drug-likeness (QED) is 0.0407. The van der Waals surface area contributed by atoms with Gasteiger partial charge in [0.25, 0.3) is 0 Å². The number of carbonyl (C=O) groups excluding carboxylic acids is 4. The summed E-state index contributed by atoms with van der Waals surface area (Å²) in [5, 5.41) is 8.90. The molecule has 310 valence electrons. The zero-order chi connectivity index (χ0) is 41.0. The Morgan fingerprint density at radius 1 is 0.611 bits per heavy atom. The Bertz CT molecular complexity index is 1240. The normalized spacial score (nSPS) is 13.5. The van der Waals surface area contributed by atoms with Gasteiger partial charge in [-0.1, -0.05) is 0 Å². The van der Waals surface area contributed by atoms with E-state index in [0.29, 0.717) is 12.8 Å². The maximum atomic E-state index is 13.2. The number of esters is 3. The average Bonchev–Trinajstić information content (AvgIpc) is 3.05. The van der Waals surface area contributed by atoms with Crippen molar-refractivity contribution in [2.75, 3.05) is 6.54 Å². The zero-order valence-corrected chi connectivity index (χ0v) is 39.0. The van der Waals surface area contributed by atoms with Gasteiger partial charge >= 0.3 is 197 Å². The van der Waals surface area contributed by atoms with Crippen LogP contribution in [0.25, 0.3) is 0 Å². The minimum atomic E-state index is -2.45. The number of amides is 2. The Morgan fingerprint density at radius 3 is 1.48 bits per heavy atom. The predicted octanol–water partition coefficient (Wildman–Crippen LogP) is 8.84. The van der Waals surface area contributed by atoms with Crippen LogP contribution in [-0.2, 0) is 35.1 Å². The number of benzene rings is 1. The Balaban J connectivity index is 2.88. The molecule has 2 atom stereocenters. The molecule has 0 aliphatic carbocycles. The molecule has 0 aliphatic heterocycles. The fourth-order valence-corrected chi connectivity index (χ4v) is 22.3. The molecule has 1 rings (SSSR count). The van der Waals surface area contributed by atoms with E-state index in [1.807, 2.05) is 0 Å². The summed E-state index contributed by atoms with van der Waals surface area (Å²) in [7, 11) is 0. The Kier molecular flexibility index (Phi) is 22.4. The predicted molar refractivity (Wildman–Crippen MR) is 223 cm³/mol. The van der Waals surface area contributed by atoms with Crippen LogP contribution in [0.5, 0.6) is 0 Å². The third-order valence-electron chi connectivity index (χ3n) is 9.07. The fraction of sp³-hybridized carbons (Fsp3) is 0.767. The van der Waals surface area contributed by atoms with Gasteiger partial charge in [-0.15, -0.1) is 0 Å². The van der Waals surface area contributed by atoms with E-state index in [-0.39, 0.29) is 12.8 Å². The van der Waals surface area contributed by atoms with Crippen LogP contribution in [0.1, 0.15) is 159 Å². The number of carbonyl (C=O) groups is 4. The van der Waals surface area contributed by atoms with Crippen molar-refractivity contribution in [3.8, 4) is 0 Å². The van der Waals surface area contributed by atoms with Crippen molar-refractivity contribution in [2.24, 2.45) is 0 Å². The summed E-state index contributed by atoms with van der Waals surface area (Å²) >= 11 is -2.45. The van der Waals surface area contributed by atoms with Gasteiger partial charge in [-0.05, 0) is 68.7 Å². The molecule has 11 heteroatoms. The van der Waals surface area contributed by atoms with Gasteiger partial charge in [-0.3, -0.25) is 4.79 Å². The van der Waals surface area contributed by atoms with E-state index in [9.17, 15) is 19.2 Å². The first-order valence-corrected chi connectivity index (χ1v) is 28.2. The summed E-state index contributed by atoms with van der Waals surface area (Å²) in [6.07, 6.45) is 9.55. The van der Waals surface area contributed by atoms with Crippen LogP contribution < -0.4 is 19.5 Å². The molecule has 54 heavy (non-hydrogen) atoms. The van der Waals surface area contributed by atoms with Gasteiger partial charge < -0.3 is 19.5 Å². The molecule has 0 radical (unpaired) electrons. The molecule has 0 saturated heterocycles. The second-order valence-corrected chi connectivity index (χ2v) is 31.1. The molecule has 0 bridgehead atoms. The van der Waals surface area contributed by atoms with Crippen molar-refractivity contribution in [3.05, 3.63) is 29.8 Å². The van der Waals surface area contributed by atoms with Crippen molar-refractivity contribution < 1.29 is 33.4 Å². The van der Waals surface area contributed by atoms with Gasteiger partial charge in [0.2, 0.25) is 0 Å². The summed E-state index contributed by atoms with van der Waals surface area (Å²) in [6, 6.07) is 6.75. The van der Waals surface area contributed by atoms with Crippen molar-refractivity contribution in [3.63, 3.8) is 0 Å². The SMILES string of the molecule is CCC[CH2][Sn]([CH2]CCC)([CH2]CCC)[c]1ccc(CNCCCC[C@H](NC(=O)N[C@@H](CCC(=O)OC(C)(C)C)C(=O)OC(C)(C)C)C(=O)OC(C)(C)C)cc1. The number of rotatable bonds is 24. The first-order valence-electron chi connectivity index (χ1n) is 20.7. The van der Waals surface area contributed by atoms with Crippen LogP contribution in [0.15, 0.2) is 24.3 Å². The second-order valence-electron chi connectivity index (χ2n) is 17.9. The number of hydrogen-bond donors (Lipinski definition) is 3. The molecule has 0 aromatic heterocycles. The Morgan fingerprint density at radius 2 is 1.06 bits per heavy atom. The fourth-order valence-electron chi connectivity index (χ4n) is 6.42. The third-order valence-corrected chi connectivity index (χ3v) is 24.7. The van der Waals surface area contributed by atoms with E-state index < -0.39 is 71.2 Å². The van der Waals surface area contributed by atoms with Crippen molar-refractivity contribution in [1.29, 1.82) is 0 Å². The van der Waals surface area contributed by atoms with Crippen LogP contribution in [0.3, 0.4) is 0 Å². The molecule has 0 aliphatic rings. The van der Waals surface area contributed by atoms with Gasteiger partial charge in [0.05, 0.1) is 0 Å². The van der Waals surface area contributed by atoms with Crippen molar-refractivity contribution >= 4 is 45.9 Å². The van der Waals surface area contributed by atoms with Crippen LogP contribution in [-0.4, -0.2) is 77.7 Å². The number of hydrogen-bond acceptors (Lipinski definition) is 8. The molecule has 0 fully saturated rings. The maximum absolute atomic E-state index is 13.2. The molecule has 1 aromatic carbocycles. The molecular formula is C43H77N3O7Sn. The van der Waals surface area contributed by atoms with E-state index in [1.165, 1.54) is 57.4 Å². The Labute approximate surface area is 332 Å². The van der Waals surface area contributed by atoms with Crippen LogP contribution in [0.2, 0.25) is 13.3 Å². The average molecular weight is 867 g/mol. The first-order chi connectivity index (χ1) is 25.1. The summed E-state index contributed by atoms with van der Waals surface area (Å²) in [5.41, 5.74) is -0.962. The summed E-state index contributed by atoms with van der Waals surface area (Å²) in [5.74, 6) is -1.72. The molecule has 2 amide bonds. The standard InChI is InChI=1S/C31H50N3O7.3C4H9.Sn/c1-29(2,3)39-25(35)19-18-24(27(37)41-31(7,8)9)34-28(38)33-23(26(36)40-30(4,5)6)17-13-14-20-32-21-22-15-11-10-12-16-22;3*1-3-4-2;/h11-12,15-16,23-24,32H,13-14,17-21H2,1-9H3,(H2,33,34,38);3*1,3-4H2,2H3;/t23-,24-;;;;/m0..../s1. The molecule has 0 unspecified atom stereocenters. The molecule has 0 spiro atoms. The molecule has 0 heterocycles. The van der Waals surface area contributed by atoms with Crippen LogP contribution >= 0.6 is 0 Å². The van der Waals surface area contributed by atoms with Crippen molar-refractivity contribution in [1.82, 2.24) is 16.0 Å². The first kappa shape index (κ1) is 49.7. The Hall–Kier alpha value is -2.34. The van der Waals surface area contributed by atoms with Gasteiger partial charge in [0, 0.05) is 6.42 Å². The number of urea groups is 1. The summed E-state index contributed by atoms with van der Waals surface area (Å²) in [4.78, 5) is 51.9. The van der Waals surface area contributed by atoms with Crippen molar-refractivity contribution in [2.45, 2.75) is 202 Å². The number of ether oxygens (including phenoxy) is 3. The van der Waals surface area contributed by atoms with E-state index in [2.05, 4.69) is 61.0 Å². The van der Waals surface area contributed by atoms with Gasteiger partial charge in [0.1, 0.15) is 22.8 Å². The molecular weight excluding hydrogens is 789 g/mol. The minimum absolute atomic E-state index is 0.0247. The van der Waals surface area contributed by atoms with Gasteiger partial charge in [-0.2, -0.15) is 0 Å². The van der Waals surface area contributed by atoms with E-state index in [4.69, 9.17) is 14.2 Å². The monoisotopic (exact) mass is 867 g/mol. The summed E-state index contributed by atoms with van der Waals surface area (Å²) < 4.78 is 22.6. The molecule has 10 nitrogen and oxygen atoms in total. The van der Waals surface area contributed by atoms with E-state index in [1.54, 1.807) is 65.9 Å². The van der Waals surface area contributed by atoms with Crippen LogP contribution in [0.4, 0.5) is 4.79 Å². The van der Waals surface area contributed by atoms with Crippen LogP contribution in [0, 0.1) is 0 Å². The third kappa shape index (κ3) is 21.7. The summed E-state index contributed by atoms with van der Waals surface area (Å²) in [6.45, 7) is 24.3. The molecule has 3 N–H and O–H groups in total.